The Morgan fingerprint density at radius 2 is 1.50 bits per heavy atom. The lowest BCUT2D eigenvalue weighted by molar-refractivity contribution is 0.978. The van der Waals surface area contributed by atoms with Crippen LogP contribution in [-0.4, -0.2) is 4.57 Å². The van der Waals surface area contributed by atoms with Gasteiger partial charge in [-0.1, -0.05) is 60.7 Å². The van der Waals surface area contributed by atoms with E-state index in [-0.39, 0.29) is 0 Å². The summed E-state index contributed by atoms with van der Waals surface area (Å²) in [4.78, 5) is 0. The number of aryl methyl sites for hydroxylation is 1. The third-order valence-electron chi connectivity index (χ3n) is 4.16. The van der Waals surface area contributed by atoms with Gasteiger partial charge in [0, 0.05) is 23.6 Å². The molecule has 22 heavy (non-hydrogen) atoms. The largest absolute Gasteiger partial charge is 0.344 e. The van der Waals surface area contributed by atoms with E-state index >= 15 is 0 Å². The van der Waals surface area contributed by atoms with E-state index in [2.05, 4.69) is 84.4 Å². The molecule has 0 atom stereocenters. The fourth-order valence-electron chi connectivity index (χ4n) is 2.99. The maximum Gasteiger partial charge on any atom is 0.0488 e. The van der Waals surface area contributed by atoms with Crippen LogP contribution < -0.4 is 0 Å². The normalized spacial score (nSPS) is 11.0. The molecule has 0 bridgehead atoms. The SMILES string of the molecule is Cn1c(-c2cc[c]cc2)cc2cc(-c3ccccc3)ccc21. The number of nitrogens with zero attached hydrogens (tertiary/aromatic N) is 1. The molecule has 0 aliphatic carbocycles. The predicted molar refractivity (Wildman–Crippen MR) is 92.6 cm³/mol. The lowest BCUT2D eigenvalue weighted by atomic mass is 10.0. The van der Waals surface area contributed by atoms with E-state index in [0.717, 1.165) is 0 Å². The lowest BCUT2D eigenvalue weighted by Crippen LogP contribution is -1.90. The maximum absolute atomic E-state index is 3.08. The van der Waals surface area contributed by atoms with Crippen LogP contribution in [0.3, 0.4) is 0 Å². The molecule has 1 nitrogen and oxygen atoms in total. The molecule has 0 saturated heterocycles. The second-order valence-corrected chi connectivity index (χ2v) is 5.52. The fraction of sp³-hybridized carbons (Fsp3) is 0.0476. The Hall–Kier alpha value is -2.80. The standard InChI is InChI=1S/C21H16N/c1-22-20-13-12-18(16-8-4-2-5-9-16)14-19(20)15-21(22)17-10-6-3-7-11-17/h2,4-15H,1H3. The van der Waals surface area contributed by atoms with Crippen molar-refractivity contribution in [3.05, 3.63) is 84.9 Å². The molecule has 0 N–H and O–H groups in total. The molecule has 0 saturated carbocycles. The highest BCUT2D eigenvalue weighted by atomic mass is 14.9. The quantitative estimate of drug-likeness (QED) is 0.469. The van der Waals surface area contributed by atoms with Gasteiger partial charge in [0.1, 0.15) is 0 Å². The number of hydrogen-bond acceptors (Lipinski definition) is 0. The van der Waals surface area contributed by atoms with Crippen molar-refractivity contribution in [1.29, 1.82) is 0 Å². The zero-order valence-electron chi connectivity index (χ0n) is 12.5. The summed E-state index contributed by atoms with van der Waals surface area (Å²) in [7, 11) is 2.12. The Kier molecular flexibility index (Phi) is 3.05. The monoisotopic (exact) mass is 282 g/mol. The van der Waals surface area contributed by atoms with Gasteiger partial charge in [-0.25, -0.2) is 0 Å². The summed E-state index contributed by atoms with van der Waals surface area (Å²) in [5.74, 6) is 0. The highest BCUT2D eigenvalue weighted by Gasteiger charge is 2.08. The molecule has 1 radical (unpaired) electrons. The number of benzene rings is 3. The fourth-order valence-corrected chi connectivity index (χ4v) is 2.99. The second-order valence-electron chi connectivity index (χ2n) is 5.52. The minimum atomic E-state index is 1.22. The third kappa shape index (κ3) is 2.11. The Balaban J connectivity index is 1.88. The molecular weight excluding hydrogens is 266 g/mol. The number of rotatable bonds is 2. The summed E-state index contributed by atoms with van der Waals surface area (Å²) >= 11 is 0. The molecule has 0 unspecified atom stereocenters. The average Bonchev–Trinajstić information content (AvgIpc) is 2.93. The number of hydrogen-bond donors (Lipinski definition) is 0. The van der Waals surface area contributed by atoms with Crippen molar-refractivity contribution >= 4 is 10.9 Å². The first kappa shape index (κ1) is 12.9. The molecule has 1 heteroatoms. The van der Waals surface area contributed by atoms with Crippen molar-refractivity contribution in [3.8, 4) is 22.4 Å². The Bertz CT molecular complexity index is 918. The van der Waals surface area contributed by atoms with E-state index in [1.807, 2.05) is 12.1 Å². The first-order valence-corrected chi connectivity index (χ1v) is 7.44. The topological polar surface area (TPSA) is 4.93 Å². The highest BCUT2D eigenvalue weighted by molar-refractivity contribution is 5.90. The Morgan fingerprint density at radius 3 is 2.27 bits per heavy atom. The van der Waals surface area contributed by atoms with Crippen LogP contribution in [-0.2, 0) is 7.05 Å². The van der Waals surface area contributed by atoms with Gasteiger partial charge in [0.2, 0.25) is 0 Å². The van der Waals surface area contributed by atoms with Crippen LogP contribution >= 0.6 is 0 Å². The predicted octanol–water partition coefficient (Wildman–Crippen LogP) is 5.31. The van der Waals surface area contributed by atoms with Crippen molar-refractivity contribution in [2.24, 2.45) is 7.05 Å². The van der Waals surface area contributed by atoms with Crippen molar-refractivity contribution in [3.63, 3.8) is 0 Å². The minimum Gasteiger partial charge on any atom is -0.344 e. The van der Waals surface area contributed by atoms with Crippen molar-refractivity contribution in [2.75, 3.05) is 0 Å². The summed E-state index contributed by atoms with van der Waals surface area (Å²) in [6, 6.07) is 30.6. The zero-order chi connectivity index (χ0) is 14.9. The first-order chi connectivity index (χ1) is 10.8. The molecular formula is C21H16N. The van der Waals surface area contributed by atoms with E-state index in [1.54, 1.807) is 0 Å². The molecule has 4 rings (SSSR count). The van der Waals surface area contributed by atoms with Crippen LogP contribution in [0, 0.1) is 6.07 Å². The second kappa shape index (κ2) is 5.19. The van der Waals surface area contributed by atoms with Crippen molar-refractivity contribution in [2.45, 2.75) is 0 Å². The van der Waals surface area contributed by atoms with Gasteiger partial charge in [-0.05, 0) is 41.0 Å². The van der Waals surface area contributed by atoms with E-state index < -0.39 is 0 Å². The van der Waals surface area contributed by atoms with Crippen LogP contribution in [0.1, 0.15) is 0 Å². The van der Waals surface area contributed by atoms with Gasteiger partial charge in [0.15, 0.2) is 0 Å². The van der Waals surface area contributed by atoms with Crippen LogP contribution in [0.25, 0.3) is 33.3 Å². The van der Waals surface area contributed by atoms with E-state index in [4.69, 9.17) is 0 Å². The molecule has 1 aromatic heterocycles. The molecule has 4 aromatic rings. The first-order valence-electron chi connectivity index (χ1n) is 7.44. The summed E-state index contributed by atoms with van der Waals surface area (Å²) in [6.07, 6.45) is 0. The van der Waals surface area contributed by atoms with Crippen LogP contribution in [0.4, 0.5) is 0 Å². The third-order valence-corrected chi connectivity index (χ3v) is 4.16. The summed E-state index contributed by atoms with van der Waals surface area (Å²) in [5, 5.41) is 1.27. The molecule has 105 valence electrons. The Morgan fingerprint density at radius 1 is 0.727 bits per heavy atom. The molecule has 1 heterocycles. The Labute approximate surface area is 130 Å². The van der Waals surface area contributed by atoms with E-state index in [9.17, 15) is 0 Å². The molecule has 0 amide bonds. The van der Waals surface area contributed by atoms with Crippen LogP contribution in [0.2, 0.25) is 0 Å². The van der Waals surface area contributed by atoms with Crippen LogP contribution in [0.5, 0.6) is 0 Å². The smallest absolute Gasteiger partial charge is 0.0488 e. The highest BCUT2D eigenvalue weighted by Crippen LogP contribution is 2.30. The maximum atomic E-state index is 3.08. The number of aromatic nitrogens is 1. The van der Waals surface area contributed by atoms with Gasteiger partial charge in [0.05, 0.1) is 0 Å². The van der Waals surface area contributed by atoms with Crippen molar-refractivity contribution < 1.29 is 0 Å². The summed E-state index contributed by atoms with van der Waals surface area (Å²) in [5.41, 5.74) is 6.21. The van der Waals surface area contributed by atoms with Crippen molar-refractivity contribution in [1.82, 2.24) is 4.57 Å². The van der Waals surface area contributed by atoms with Gasteiger partial charge in [-0.2, -0.15) is 0 Å². The molecule has 0 spiro atoms. The van der Waals surface area contributed by atoms with Gasteiger partial charge in [-0.15, -0.1) is 0 Å². The summed E-state index contributed by atoms with van der Waals surface area (Å²) in [6.45, 7) is 0. The molecule has 0 fully saturated rings. The molecule has 0 aliphatic rings. The van der Waals surface area contributed by atoms with E-state index in [0.29, 0.717) is 0 Å². The van der Waals surface area contributed by atoms with Gasteiger partial charge in [0.25, 0.3) is 0 Å². The lowest BCUT2D eigenvalue weighted by Gasteiger charge is -2.05. The number of fused-ring (bicyclic) bond motifs is 1. The summed E-state index contributed by atoms with van der Waals surface area (Å²) < 4.78 is 2.25. The zero-order valence-corrected chi connectivity index (χ0v) is 12.5. The molecule has 0 aliphatic heterocycles. The molecule has 3 aromatic carbocycles. The van der Waals surface area contributed by atoms with Gasteiger partial charge < -0.3 is 4.57 Å². The van der Waals surface area contributed by atoms with Gasteiger partial charge in [-0.3, -0.25) is 0 Å². The van der Waals surface area contributed by atoms with E-state index in [1.165, 1.54) is 33.3 Å². The average molecular weight is 282 g/mol. The van der Waals surface area contributed by atoms with Gasteiger partial charge >= 0.3 is 0 Å². The van der Waals surface area contributed by atoms with Crippen LogP contribution in [0.15, 0.2) is 78.9 Å². The minimum absolute atomic E-state index is 1.22.